The van der Waals surface area contributed by atoms with Gasteiger partial charge < -0.3 is 26.3 Å². The molecule has 0 aromatic heterocycles. The van der Waals surface area contributed by atoms with Crippen LogP contribution in [0, 0.1) is 5.82 Å². The Hall–Kier alpha value is -2.89. The van der Waals surface area contributed by atoms with Crippen molar-refractivity contribution in [2.75, 3.05) is 11.1 Å². The van der Waals surface area contributed by atoms with E-state index in [9.17, 15) is 22.4 Å². The summed E-state index contributed by atoms with van der Waals surface area (Å²) in [5.41, 5.74) is 3.84. The zero-order valence-corrected chi connectivity index (χ0v) is 15.6. The van der Waals surface area contributed by atoms with E-state index < -0.39 is 61.3 Å². The summed E-state index contributed by atoms with van der Waals surface area (Å²) in [6.07, 6.45) is -0.979. The molecule has 27 heavy (non-hydrogen) atoms. The van der Waals surface area contributed by atoms with Crippen LogP contribution in [-0.4, -0.2) is 48.9 Å². The smallest absolute Gasteiger partial charge is 0.408 e. The Morgan fingerprint density at radius 3 is 2.63 bits per heavy atom. The number of nitrogens with one attached hydrogen (secondary N) is 2. The molecule has 12 heteroatoms. The Kier molecular flexibility index (Phi) is 5.31. The lowest BCUT2D eigenvalue weighted by molar-refractivity contribution is -0.117. The highest BCUT2D eigenvalue weighted by Gasteiger charge is 2.36. The molecule has 0 aliphatic carbocycles. The minimum atomic E-state index is -4.16. The third-order valence-corrected chi connectivity index (χ3v) is 5.22. The van der Waals surface area contributed by atoms with Crippen molar-refractivity contribution in [1.82, 2.24) is 5.32 Å². The maximum atomic E-state index is 14.1. The second-order valence-electron chi connectivity index (χ2n) is 6.78. The summed E-state index contributed by atoms with van der Waals surface area (Å²) in [6.45, 7) is 4.80. The molecule has 0 spiro atoms. The Labute approximate surface area is 154 Å². The molecular formula is C15H19FN4O6S. The number of hydrogen-bond donors (Lipinski definition) is 4. The van der Waals surface area contributed by atoms with Gasteiger partial charge >= 0.3 is 6.09 Å². The predicted molar refractivity (Wildman–Crippen MR) is 92.8 cm³/mol. The number of amidine groups is 1. The molecule has 1 aliphatic heterocycles. The van der Waals surface area contributed by atoms with Crippen molar-refractivity contribution in [1.29, 1.82) is 0 Å². The van der Waals surface area contributed by atoms with E-state index in [2.05, 4.69) is 15.8 Å². The highest BCUT2D eigenvalue weighted by atomic mass is 32.2. The fourth-order valence-electron chi connectivity index (χ4n) is 2.32. The summed E-state index contributed by atoms with van der Waals surface area (Å²) >= 11 is 0. The number of hydrogen-bond acceptors (Lipinski definition) is 7. The Morgan fingerprint density at radius 1 is 1.44 bits per heavy atom. The first-order chi connectivity index (χ1) is 12.3. The molecule has 0 fully saturated rings. The van der Waals surface area contributed by atoms with Crippen LogP contribution in [0.2, 0.25) is 0 Å². The summed E-state index contributed by atoms with van der Waals surface area (Å²) in [5.74, 6) is -3.30. The van der Waals surface area contributed by atoms with Crippen molar-refractivity contribution in [2.45, 2.75) is 37.3 Å². The molecule has 2 amide bonds. The molecule has 1 aromatic rings. The molecule has 0 radical (unpaired) electrons. The van der Waals surface area contributed by atoms with Crippen LogP contribution >= 0.6 is 0 Å². The van der Waals surface area contributed by atoms with Crippen molar-refractivity contribution >= 4 is 33.4 Å². The van der Waals surface area contributed by atoms with Gasteiger partial charge in [0.15, 0.2) is 15.7 Å². The van der Waals surface area contributed by atoms with Gasteiger partial charge in [0.2, 0.25) is 5.91 Å². The molecule has 148 valence electrons. The number of alkyl carbamates (subject to hydrolysis) is 1. The Bertz CT molecular complexity index is 923. The van der Waals surface area contributed by atoms with Gasteiger partial charge in [0.25, 0.3) is 0 Å². The molecule has 1 heterocycles. The highest BCUT2D eigenvalue weighted by molar-refractivity contribution is 7.91. The number of carbonyl (C=O) groups is 2. The van der Waals surface area contributed by atoms with Gasteiger partial charge in [-0.2, -0.15) is 0 Å². The fraction of sp³-hybridized carbons (Fsp3) is 0.400. The first-order valence-corrected chi connectivity index (χ1v) is 9.34. The maximum Gasteiger partial charge on any atom is 0.408 e. The highest BCUT2D eigenvalue weighted by Crippen LogP contribution is 2.29. The number of carbonyl (C=O) groups excluding carboxylic acids is 2. The van der Waals surface area contributed by atoms with Gasteiger partial charge in [0, 0.05) is 0 Å². The van der Waals surface area contributed by atoms with Crippen LogP contribution in [0.5, 0.6) is 0 Å². The van der Waals surface area contributed by atoms with E-state index in [-0.39, 0.29) is 5.69 Å². The van der Waals surface area contributed by atoms with Gasteiger partial charge in [-0.25, -0.2) is 17.6 Å². The van der Waals surface area contributed by atoms with Crippen LogP contribution in [0.25, 0.3) is 0 Å². The number of halogens is 1. The Morgan fingerprint density at radius 2 is 2.07 bits per heavy atom. The molecule has 5 N–H and O–H groups in total. The van der Waals surface area contributed by atoms with Crippen molar-refractivity contribution in [3.05, 3.63) is 23.5 Å². The molecule has 0 bridgehead atoms. The number of benzene rings is 1. The second-order valence-corrected chi connectivity index (χ2v) is 8.79. The predicted octanol–water partition coefficient (Wildman–Crippen LogP) is 0.539. The number of amides is 2. The molecule has 1 aliphatic rings. The number of oxime groups is 1. The average Bonchev–Trinajstić information content (AvgIpc) is 2.60. The van der Waals surface area contributed by atoms with Gasteiger partial charge in [0.05, 0.1) is 21.9 Å². The SMILES string of the molecule is CC(C)(C)OC(=O)N[C@H]1CS(=O)(=O)c2cc(F)c(/C(N)=N/O)cc2NC1=O. The summed E-state index contributed by atoms with van der Waals surface area (Å²) < 4.78 is 44.3. The molecule has 0 unspecified atom stereocenters. The zero-order chi connectivity index (χ0) is 20.6. The van der Waals surface area contributed by atoms with E-state index in [0.29, 0.717) is 6.07 Å². The van der Waals surface area contributed by atoms with Crippen molar-refractivity contribution in [3.8, 4) is 0 Å². The molecule has 0 saturated carbocycles. The summed E-state index contributed by atoms with van der Waals surface area (Å²) in [4.78, 5) is 23.7. The van der Waals surface area contributed by atoms with Crippen LogP contribution in [-0.2, 0) is 19.4 Å². The van der Waals surface area contributed by atoms with Crippen molar-refractivity contribution in [2.24, 2.45) is 10.9 Å². The molecule has 1 aromatic carbocycles. The first kappa shape index (κ1) is 20.4. The average molecular weight is 402 g/mol. The van der Waals surface area contributed by atoms with Gasteiger partial charge in [-0.05, 0) is 32.9 Å². The summed E-state index contributed by atoms with van der Waals surface area (Å²) in [6, 6.07) is 0.131. The second kappa shape index (κ2) is 7.02. The molecule has 2 rings (SSSR count). The molecule has 0 saturated heterocycles. The number of nitrogens with two attached hydrogens (primary N) is 1. The van der Waals surface area contributed by atoms with Gasteiger partial charge in [-0.3, -0.25) is 4.79 Å². The fourth-order valence-corrected chi connectivity index (χ4v) is 3.90. The summed E-state index contributed by atoms with van der Waals surface area (Å²) in [5, 5.41) is 15.8. The van der Waals surface area contributed by atoms with E-state index in [1.807, 2.05) is 0 Å². The van der Waals surface area contributed by atoms with E-state index in [1.165, 1.54) is 0 Å². The molecule has 10 nitrogen and oxygen atoms in total. The van der Waals surface area contributed by atoms with Crippen LogP contribution in [0.4, 0.5) is 14.9 Å². The number of fused-ring (bicyclic) bond motifs is 1. The normalized spacial score (nSPS) is 19.5. The van der Waals surface area contributed by atoms with Gasteiger partial charge in [0.1, 0.15) is 17.5 Å². The quantitative estimate of drug-likeness (QED) is 0.243. The minimum absolute atomic E-state index is 0.253. The largest absolute Gasteiger partial charge is 0.444 e. The van der Waals surface area contributed by atoms with Crippen LogP contribution < -0.4 is 16.4 Å². The standard InChI is InChI=1S/C15H19FN4O6S/c1-15(2,3)26-14(22)19-10-6-27(24,25)11-5-8(16)7(12(17)20-23)4-9(11)18-13(10)21/h4-5,10,23H,6H2,1-3H3,(H2,17,20)(H,18,21)(H,19,22)/t10-/m0/s1. The van der Waals surface area contributed by atoms with Crippen LogP contribution in [0.3, 0.4) is 0 Å². The van der Waals surface area contributed by atoms with Crippen LogP contribution in [0.1, 0.15) is 26.3 Å². The molecule has 1 atom stereocenters. The minimum Gasteiger partial charge on any atom is -0.444 e. The number of rotatable bonds is 2. The first-order valence-electron chi connectivity index (χ1n) is 7.68. The van der Waals surface area contributed by atoms with E-state index >= 15 is 0 Å². The third-order valence-electron chi connectivity index (χ3n) is 3.44. The van der Waals surface area contributed by atoms with E-state index in [4.69, 9.17) is 15.7 Å². The van der Waals surface area contributed by atoms with Crippen LogP contribution in [0.15, 0.2) is 22.2 Å². The topological polar surface area (TPSA) is 160 Å². The maximum absolute atomic E-state index is 14.1. The zero-order valence-electron chi connectivity index (χ0n) is 14.7. The van der Waals surface area contributed by atoms with E-state index in [1.54, 1.807) is 20.8 Å². The third kappa shape index (κ3) is 4.64. The lowest BCUT2D eigenvalue weighted by atomic mass is 10.1. The number of anilines is 1. The monoisotopic (exact) mass is 402 g/mol. The van der Waals surface area contributed by atoms with E-state index in [0.717, 1.165) is 6.07 Å². The van der Waals surface area contributed by atoms with Crippen molar-refractivity contribution in [3.63, 3.8) is 0 Å². The lowest BCUT2D eigenvalue weighted by Crippen LogP contribution is -2.48. The number of ether oxygens (including phenoxy) is 1. The van der Waals surface area contributed by atoms with Gasteiger partial charge in [-0.1, -0.05) is 5.16 Å². The van der Waals surface area contributed by atoms with Crippen molar-refractivity contribution < 1.29 is 32.3 Å². The summed E-state index contributed by atoms with van der Waals surface area (Å²) in [7, 11) is -4.16. The van der Waals surface area contributed by atoms with Gasteiger partial charge in [-0.15, -0.1) is 0 Å². The lowest BCUT2D eigenvalue weighted by Gasteiger charge is -2.22. The Balaban J connectivity index is 2.40. The number of nitrogens with zero attached hydrogens (tertiary/aromatic N) is 1. The molecular weight excluding hydrogens is 383 g/mol. The number of sulfone groups is 1.